The molecule has 0 saturated carbocycles. The van der Waals surface area contributed by atoms with E-state index in [9.17, 15) is 4.79 Å². The average molecular weight is 338 g/mol. The molecule has 0 aliphatic carbocycles. The van der Waals surface area contributed by atoms with Crippen molar-refractivity contribution in [2.24, 2.45) is 0 Å². The monoisotopic (exact) mass is 338 g/mol. The first-order valence-corrected chi connectivity index (χ1v) is 7.85. The van der Waals surface area contributed by atoms with E-state index in [0.717, 1.165) is 4.90 Å². The number of nitrogens with two attached hydrogens (primary N) is 1. The van der Waals surface area contributed by atoms with Gasteiger partial charge >= 0.3 is 0 Å². The number of benzene rings is 1. The van der Waals surface area contributed by atoms with Gasteiger partial charge in [0.1, 0.15) is 17.0 Å². The molecule has 3 rings (SSSR count). The van der Waals surface area contributed by atoms with Crippen LogP contribution in [0.3, 0.4) is 0 Å². The number of nitrogen functional groups attached to an aromatic ring is 1. The highest BCUT2D eigenvalue weighted by molar-refractivity contribution is 7.99. The Labute approximate surface area is 142 Å². The maximum atomic E-state index is 12.0. The Bertz CT molecular complexity index is 828. The Morgan fingerprint density at radius 1 is 1.08 bits per heavy atom. The number of anilines is 2. The van der Waals surface area contributed by atoms with Crippen molar-refractivity contribution in [1.82, 2.24) is 20.4 Å². The fraction of sp³-hybridized carbons (Fsp3) is 0. The summed E-state index contributed by atoms with van der Waals surface area (Å²) in [4.78, 5) is 25.1. The molecule has 0 aliphatic heterocycles. The first-order chi connectivity index (χ1) is 11.7. The normalized spacial score (nSPS) is 10.2. The Balaban J connectivity index is 1.70. The summed E-state index contributed by atoms with van der Waals surface area (Å²) in [5.74, 6) is -0.000883. The SMILES string of the molecule is Nc1c(NNC(=O)c2cccnc2)ncnc1Sc1ccccc1. The van der Waals surface area contributed by atoms with E-state index >= 15 is 0 Å². The molecule has 7 nitrogen and oxygen atoms in total. The van der Waals surface area contributed by atoms with Crippen LogP contribution in [0.5, 0.6) is 0 Å². The van der Waals surface area contributed by atoms with Gasteiger partial charge in [-0.1, -0.05) is 30.0 Å². The highest BCUT2D eigenvalue weighted by atomic mass is 32.2. The second kappa shape index (κ2) is 7.42. The average Bonchev–Trinajstić information content (AvgIpc) is 2.64. The van der Waals surface area contributed by atoms with Crippen LogP contribution in [0.25, 0.3) is 0 Å². The summed E-state index contributed by atoms with van der Waals surface area (Å²) < 4.78 is 0. The molecule has 0 saturated heterocycles. The standard InChI is InChI=1S/C16H14N6OS/c17-13-14(21-22-15(23)11-5-4-8-18-9-11)19-10-20-16(13)24-12-6-2-1-3-7-12/h1-10H,17H2,(H,22,23)(H,19,20,21). The Morgan fingerprint density at radius 3 is 2.67 bits per heavy atom. The van der Waals surface area contributed by atoms with Crippen molar-refractivity contribution in [2.45, 2.75) is 9.92 Å². The number of pyridine rings is 1. The molecule has 1 aromatic carbocycles. The van der Waals surface area contributed by atoms with Gasteiger partial charge in [-0.3, -0.25) is 20.6 Å². The van der Waals surface area contributed by atoms with E-state index < -0.39 is 0 Å². The first kappa shape index (κ1) is 15.8. The number of aromatic nitrogens is 3. The number of hydrogen-bond donors (Lipinski definition) is 3. The van der Waals surface area contributed by atoms with Crippen molar-refractivity contribution in [3.63, 3.8) is 0 Å². The summed E-state index contributed by atoms with van der Waals surface area (Å²) in [6.07, 6.45) is 4.46. The van der Waals surface area contributed by atoms with Crippen LogP contribution in [0.4, 0.5) is 11.5 Å². The number of nitrogens with zero attached hydrogens (tertiary/aromatic N) is 3. The lowest BCUT2D eigenvalue weighted by atomic mass is 10.3. The van der Waals surface area contributed by atoms with Gasteiger partial charge < -0.3 is 5.73 Å². The number of nitrogens with one attached hydrogen (secondary N) is 2. The van der Waals surface area contributed by atoms with Crippen LogP contribution in [0.2, 0.25) is 0 Å². The molecule has 0 radical (unpaired) electrons. The van der Waals surface area contributed by atoms with Crippen LogP contribution >= 0.6 is 11.8 Å². The van der Waals surface area contributed by atoms with E-state index in [1.165, 1.54) is 24.3 Å². The van der Waals surface area contributed by atoms with E-state index in [0.29, 0.717) is 22.1 Å². The van der Waals surface area contributed by atoms with Crippen LogP contribution in [-0.4, -0.2) is 20.9 Å². The Hall–Kier alpha value is -3.13. The van der Waals surface area contributed by atoms with Crippen molar-refractivity contribution in [3.8, 4) is 0 Å². The molecule has 0 bridgehead atoms. The number of amides is 1. The molecule has 0 aliphatic rings. The number of hydrazine groups is 1. The minimum absolute atomic E-state index is 0.334. The summed E-state index contributed by atoms with van der Waals surface area (Å²) >= 11 is 1.42. The molecule has 24 heavy (non-hydrogen) atoms. The second-order valence-corrected chi connectivity index (χ2v) is 5.74. The van der Waals surface area contributed by atoms with E-state index in [4.69, 9.17) is 5.73 Å². The molecule has 3 aromatic rings. The lowest BCUT2D eigenvalue weighted by molar-refractivity contribution is 0.0962. The quantitative estimate of drug-likeness (QED) is 0.484. The van der Waals surface area contributed by atoms with Crippen LogP contribution in [-0.2, 0) is 0 Å². The minimum atomic E-state index is -0.335. The number of hydrogen-bond acceptors (Lipinski definition) is 7. The maximum absolute atomic E-state index is 12.0. The Morgan fingerprint density at radius 2 is 1.92 bits per heavy atom. The summed E-state index contributed by atoms with van der Waals surface area (Å²) in [6, 6.07) is 13.1. The highest BCUT2D eigenvalue weighted by Crippen LogP contribution is 2.32. The van der Waals surface area contributed by atoms with Gasteiger partial charge in [0.2, 0.25) is 0 Å². The van der Waals surface area contributed by atoms with Crippen molar-refractivity contribution in [1.29, 1.82) is 0 Å². The largest absolute Gasteiger partial charge is 0.393 e. The molecular formula is C16H14N6OS. The summed E-state index contributed by atoms with van der Waals surface area (Å²) in [6.45, 7) is 0. The topological polar surface area (TPSA) is 106 Å². The van der Waals surface area contributed by atoms with Gasteiger partial charge in [-0.15, -0.1) is 0 Å². The first-order valence-electron chi connectivity index (χ1n) is 7.04. The van der Waals surface area contributed by atoms with Crippen molar-refractivity contribution < 1.29 is 4.79 Å². The summed E-state index contributed by atoms with van der Waals surface area (Å²) in [5.41, 5.74) is 12.1. The molecule has 1 amide bonds. The lowest BCUT2D eigenvalue weighted by Crippen LogP contribution is -2.30. The van der Waals surface area contributed by atoms with Gasteiger partial charge in [-0.2, -0.15) is 0 Å². The van der Waals surface area contributed by atoms with Crippen LogP contribution in [0.15, 0.2) is 71.1 Å². The minimum Gasteiger partial charge on any atom is -0.393 e. The highest BCUT2D eigenvalue weighted by Gasteiger charge is 2.11. The molecule has 2 aromatic heterocycles. The van der Waals surface area contributed by atoms with Gasteiger partial charge in [0, 0.05) is 17.3 Å². The maximum Gasteiger partial charge on any atom is 0.271 e. The number of carbonyl (C=O) groups excluding carboxylic acids is 1. The molecular weight excluding hydrogens is 324 g/mol. The van der Waals surface area contributed by atoms with Crippen LogP contribution in [0, 0.1) is 0 Å². The zero-order valence-corrected chi connectivity index (χ0v) is 13.3. The van der Waals surface area contributed by atoms with E-state index in [1.807, 2.05) is 30.3 Å². The van der Waals surface area contributed by atoms with Gasteiger partial charge in [0.05, 0.1) is 5.56 Å². The fourth-order valence-corrected chi connectivity index (χ4v) is 2.67. The van der Waals surface area contributed by atoms with Gasteiger partial charge in [-0.05, 0) is 24.3 Å². The zero-order valence-electron chi connectivity index (χ0n) is 12.5. The third kappa shape index (κ3) is 3.79. The van der Waals surface area contributed by atoms with E-state index in [1.54, 1.807) is 18.3 Å². The van der Waals surface area contributed by atoms with Crippen molar-refractivity contribution >= 4 is 29.2 Å². The summed E-state index contributed by atoms with van der Waals surface area (Å²) in [5, 5.41) is 0.606. The van der Waals surface area contributed by atoms with Gasteiger partial charge in [0.15, 0.2) is 5.82 Å². The molecule has 0 fully saturated rings. The summed E-state index contributed by atoms with van der Waals surface area (Å²) in [7, 11) is 0. The predicted octanol–water partition coefficient (Wildman–Crippen LogP) is 2.36. The van der Waals surface area contributed by atoms with Crippen molar-refractivity contribution in [3.05, 3.63) is 66.7 Å². The molecule has 0 unspecified atom stereocenters. The van der Waals surface area contributed by atoms with Crippen LogP contribution < -0.4 is 16.6 Å². The van der Waals surface area contributed by atoms with Gasteiger partial charge in [0.25, 0.3) is 5.91 Å². The smallest absolute Gasteiger partial charge is 0.271 e. The molecule has 4 N–H and O–H groups in total. The second-order valence-electron chi connectivity index (χ2n) is 4.68. The number of carbonyl (C=O) groups is 1. The van der Waals surface area contributed by atoms with Gasteiger partial charge in [-0.25, -0.2) is 9.97 Å². The van der Waals surface area contributed by atoms with E-state index in [2.05, 4.69) is 25.8 Å². The molecule has 2 heterocycles. The molecule has 8 heteroatoms. The van der Waals surface area contributed by atoms with Crippen LogP contribution in [0.1, 0.15) is 10.4 Å². The molecule has 0 atom stereocenters. The lowest BCUT2D eigenvalue weighted by Gasteiger charge is -2.11. The third-order valence-corrected chi connectivity index (χ3v) is 4.05. The predicted molar refractivity (Wildman–Crippen MR) is 92.3 cm³/mol. The van der Waals surface area contributed by atoms with E-state index in [-0.39, 0.29) is 5.91 Å². The molecule has 120 valence electrons. The number of rotatable bonds is 5. The van der Waals surface area contributed by atoms with Crippen molar-refractivity contribution in [2.75, 3.05) is 11.2 Å². The fourth-order valence-electron chi connectivity index (χ4n) is 1.85. The third-order valence-electron chi connectivity index (χ3n) is 3.02. The Kier molecular flexibility index (Phi) is 4.87. The zero-order chi connectivity index (χ0) is 16.8. The molecule has 0 spiro atoms.